The number of benzene rings is 1. The number of para-hydroxylation sites is 1. The van der Waals surface area contributed by atoms with E-state index >= 15 is 0 Å². The Hall–Kier alpha value is -0.750. The summed E-state index contributed by atoms with van der Waals surface area (Å²) < 4.78 is 6.46. The summed E-state index contributed by atoms with van der Waals surface area (Å²) >= 11 is 2.24. The van der Waals surface area contributed by atoms with Gasteiger partial charge in [0.1, 0.15) is 9.46 Å². The molecule has 1 aliphatic rings. The van der Waals surface area contributed by atoms with Gasteiger partial charge in [-0.3, -0.25) is 10.6 Å². The molecule has 3 nitrogen and oxygen atoms in total. The molecule has 1 heterocycles. The van der Waals surface area contributed by atoms with Crippen LogP contribution in [0.25, 0.3) is 0 Å². The number of ether oxygens (including phenoxy) is 1. The molecular formula is C10H11IN2O. The third kappa shape index (κ3) is 1.59. The first-order valence-corrected chi connectivity index (χ1v) is 5.41. The molecule has 1 unspecified atom stereocenters. The van der Waals surface area contributed by atoms with Gasteiger partial charge in [-0.2, -0.15) is 0 Å². The lowest BCUT2D eigenvalue weighted by atomic mass is 10.3. The van der Waals surface area contributed by atoms with Crippen LogP contribution in [0.2, 0.25) is 0 Å². The van der Waals surface area contributed by atoms with Crippen LogP contribution in [0.3, 0.4) is 0 Å². The summed E-state index contributed by atoms with van der Waals surface area (Å²) in [7, 11) is 0. The predicted octanol–water partition coefficient (Wildman–Crippen LogP) is 2.39. The van der Waals surface area contributed by atoms with Crippen LogP contribution in [0.4, 0.5) is 5.69 Å². The number of hydrogen-bond donors (Lipinski definition) is 1. The van der Waals surface area contributed by atoms with E-state index in [1.807, 2.05) is 42.2 Å². The summed E-state index contributed by atoms with van der Waals surface area (Å²) in [5.74, 6) is 0.877. The van der Waals surface area contributed by atoms with Crippen molar-refractivity contribution < 1.29 is 4.74 Å². The molecule has 2 N–H and O–H groups in total. The van der Waals surface area contributed by atoms with E-state index in [4.69, 9.17) is 10.5 Å². The summed E-state index contributed by atoms with van der Waals surface area (Å²) in [6.07, 6.45) is -0.399. The zero-order chi connectivity index (χ0) is 10.1. The molecule has 1 aromatic carbocycles. The van der Waals surface area contributed by atoms with Gasteiger partial charge < -0.3 is 4.74 Å². The summed E-state index contributed by atoms with van der Waals surface area (Å²) in [6, 6.07) is 9.98. The van der Waals surface area contributed by atoms with Crippen LogP contribution in [0, 0.1) is 0 Å². The van der Waals surface area contributed by atoms with Gasteiger partial charge in [0.2, 0.25) is 6.35 Å². The number of hydrogen-bond acceptors (Lipinski definition) is 3. The Kier molecular flexibility index (Phi) is 2.64. The van der Waals surface area contributed by atoms with Crippen molar-refractivity contribution in [2.24, 2.45) is 5.73 Å². The minimum atomic E-state index is -0.399. The van der Waals surface area contributed by atoms with E-state index in [1.165, 1.54) is 0 Å². The molecule has 0 aliphatic carbocycles. The van der Waals surface area contributed by atoms with Crippen LogP contribution in [0.1, 0.15) is 6.92 Å². The monoisotopic (exact) mass is 302 g/mol. The third-order valence-electron chi connectivity index (χ3n) is 2.09. The fourth-order valence-electron chi connectivity index (χ4n) is 1.41. The Morgan fingerprint density at radius 3 is 2.50 bits per heavy atom. The number of nitrogens with two attached hydrogens (primary N) is 1. The van der Waals surface area contributed by atoms with E-state index in [0.717, 1.165) is 15.2 Å². The third-order valence-corrected chi connectivity index (χ3v) is 3.37. The molecule has 0 saturated heterocycles. The molecule has 0 amide bonds. The molecule has 14 heavy (non-hydrogen) atoms. The highest BCUT2D eigenvalue weighted by Crippen LogP contribution is 2.33. The predicted molar refractivity (Wildman–Crippen MR) is 64.7 cm³/mol. The molecule has 0 bridgehead atoms. The van der Waals surface area contributed by atoms with E-state index in [-0.39, 0.29) is 0 Å². The lowest BCUT2D eigenvalue weighted by Gasteiger charge is -2.22. The summed E-state index contributed by atoms with van der Waals surface area (Å²) in [6.45, 7) is 1.92. The second-order valence-electron chi connectivity index (χ2n) is 3.06. The average Bonchev–Trinajstić information content (AvgIpc) is 2.43. The molecule has 1 aliphatic heterocycles. The maximum atomic E-state index is 5.85. The Morgan fingerprint density at radius 1 is 1.36 bits per heavy atom. The van der Waals surface area contributed by atoms with E-state index < -0.39 is 6.35 Å². The van der Waals surface area contributed by atoms with Crippen LogP contribution in [-0.2, 0) is 4.74 Å². The van der Waals surface area contributed by atoms with E-state index in [0.29, 0.717) is 0 Å². The molecule has 4 heteroatoms. The highest BCUT2D eigenvalue weighted by Gasteiger charge is 2.27. The zero-order valence-electron chi connectivity index (χ0n) is 7.77. The van der Waals surface area contributed by atoms with Crippen LogP contribution < -0.4 is 10.6 Å². The average molecular weight is 302 g/mol. The van der Waals surface area contributed by atoms with Crippen molar-refractivity contribution in [1.29, 1.82) is 0 Å². The van der Waals surface area contributed by atoms with Gasteiger partial charge in [-0.05, 0) is 41.6 Å². The zero-order valence-corrected chi connectivity index (χ0v) is 9.93. The Balaban J connectivity index is 2.36. The standard InChI is InChI=1S/C10H11IN2O/c1-7-9(11)13(10(12)14-7)8-5-3-2-4-6-8/h2-6,10H,12H2,1H3. The maximum absolute atomic E-state index is 5.85. The quantitative estimate of drug-likeness (QED) is 0.639. The molecule has 1 atom stereocenters. The lowest BCUT2D eigenvalue weighted by Crippen LogP contribution is -2.37. The van der Waals surface area contributed by atoms with Gasteiger partial charge in [0.05, 0.1) is 0 Å². The van der Waals surface area contributed by atoms with E-state index in [2.05, 4.69) is 22.6 Å². The summed E-state index contributed by atoms with van der Waals surface area (Å²) in [5, 5.41) is 0. The molecule has 0 radical (unpaired) electrons. The molecule has 0 spiro atoms. The Labute approximate surface area is 96.7 Å². The van der Waals surface area contributed by atoms with Crippen LogP contribution in [-0.4, -0.2) is 6.35 Å². The SMILES string of the molecule is CC1=C(I)N(c2ccccc2)C(N)O1. The van der Waals surface area contributed by atoms with Crippen molar-refractivity contribution in [1.82, 2.24) is 0 Å². The first-order chi connectivity index (χ1) is 6.70. The highest BCUT2D eigenvalue weighted by molar-refractivity contribution is 14.1. The van der Waals surface area contributed by atoms with Gasteiger partial charge in [-0.15, -0.1) is 0 Å². The second kappa shape index (κ2) is 3.78. The van der Waals surface area contributed by atoms with E-state index in [9.17, 15) is 0 Å². The summed E-state index contributed by atoms with van der Waals surface area (Å²) in [5.41, 5.74) is 6.91. The van der Waals surface area contributed by atoms with Gasteiger partial charge in [-0.1, -0.05) is 18.2 Å². The van der Waals surface area contributed by atoms with Crippen LogP contribution >= 0.6 is 22.6 Å². The lowest BCUT2D eigenvalue weighted by molar-refractivity contribution is 0.152. The first kappa shape index (κ1) is 9.79. The number of nitrogens with zero attached hydrogens (tertiary/aromatic N) is 1. The van der Waals surface area contributed by atoms with Gasteiger partial charge >= 0.3 is 0 Å². The van der Waals surface area contributed by atoms with Crippen molar-refractivity contribution in [3.05, 3.63) is 39.8 Å². The van der Waals surface area contributed by atoms with Gasteiger partial charge in [0, 0.05) is 5.69 Å². The topological polar surface area (TPSA) is 38.5 Å². The maximum Gasteiger partial charge on any atom is 0.231 e. The Morgan fingerprint density at radius 2 is 2.00 bits per heavy atom. The molecule has 0 saturated carbocycles. The minimum absolute atomic E-state index is 0.399. The van der Waals surface area contributed by atoms with Crippen molar-refractivity contribution in [2.75, 3.05) is 4.90 Å². The van der Waals surface area contributed by atoms with Crippen molar-refractivity contribution in [3.63, 3.8) is 0 Å². The van der Waals surface area contributed by atoms with E-state index in [1.54, 1.807) is 0 Å². The molecule has 1 aromatic rings. The van der Waals surface area contributed by atoms with Crippen molar-refractivity contribution in [2.45, 2.75) is 13.3 Å². The molecule has 0 fully saturated rings. The highest BCUT2D eigenvalue weighted by atomic mass is 127. The fraction of sp³-hybridized carbons (Fsp3) is 0.200. The van der Waals surface area contributed by atoms with Gasteiger partial charge in [0.15, 0.2) is 0 Å². The number of allylic oxidation sites excluding steroid dienone is 1. The molecule has 74 valence electrons. The number of rotatable bonds is 1. The fourth-order valence-corrected chi connectivity index (χ4v) is 2.09. The molecular weight excluding hydrogens is 291 g/mol. The Bertz CT molecular complexity index is 364. The van der Waals surface area contributed by atoms with Crippen LogP contribution in [0.15, 0.2) is 39.8 Å². The smallest absolute Gasteiger partial charge is 0.231 e. The second-order valence-corrected chi connectivity index (χ2v) is 4.08. The van der Waals surface area contributed by atoms with Crippen LogP contribution in [0.5, 0.6) is 0 Å². The number of halogens is 1. The molecule has 0 aromatic heterocycles. The number of anilines is 1. The van der Waals surface area contributed by atoms with Crippen molar-refractivity contribution >= 4 is 28.3 Å². The summed E-state index contributed by atoms with van der Waals surface area (Å²) in [4.78, 5) is 1.97. The first-order valence-electron chi connectivity index (χ1n) is 4.33. The molecule has 2 rings (SSSR count). The normalized spacial score (nSPS) is 21.4. The minimum Gasteiger partial charge on any atom is -0.459 e. The largest absolute Gasteiger partial charge is 0.459 e. The van der Waals surface area contributed by atoms with Gasteiger partial charge in [0.25, 0.3) is 0 Å². The van der Waals surface area contributed by atoms with Crippen molar-refractivity contribution in [3.8, 4) is 0 Å². The van der Waals surface area contributed by atoms with Gasteiger partial charge in [-0.25, -0.2) is 0 Å².